The molecule has 2 aromatic rings. The molecule has 20 heavy (non-hydrogen) atoms. The summed E-state index contributed by atoms with van der Waals surface area (Å²) in [7, 11) is 0. The summed E-state index contributed by atoms with van der Waals surface area (Å²) < 4.78 is 13.3. The summed E-state index contributed by atoms with van der Waals surface area (Å²) in [6, 6.07) is 12.4. The van der Waals surface area contributed by atoms with Crippen molar-refractivity contribution in [1.82, 2.24) is 0 Å². The maximum atomic E-state index is 13.3. The van der Waals surface area contributed by atoms with E-state index in [2.05, 4.69) is 6.92 Å². The molecule has 0 aliphatic rings. The largest absolute Gasteiger partial charge is 0.327 e. The zero-order valence-corrected chi connectivity index (χ0v) is 12.8. The molecule has 4 heteroatoms. The van der Waals surface area contributed by atoms with E-state index in [0.29, 0.717) is 0 Å². The van der Waals surface area contributed by atoms with Gasteiger partial charge in [-0.2, -0.15) is 0 Å². The molecule has 1 nitrogen and oxygen atoms in total. The zero-order valence-electron chi connectivity index (χ0n) is 11.3. The van der Waals surface area contributed by atoms with Crippen LogP contribution in [0.25, 0.3) is 0 Å². The molecule has 0 heterocycles. The molecule has 0 amide bonds. The van der Waals surface area contributed by atoms with Crippen molar-refractivity contribution in [2.24, 2.45) is 5.73 Å². The number of halogens is 2. The van der Waals surface area contributed by atoms with Gasteiger partial charge in [0.15, 0.2) is 0 Å². The van der Waals surface area contributed by atoms with Gasteiger partial charge in [0.1, 0.15) is 5.82 Å². The summed E-state index contributed by atoms with van der Waals surface area (Å²) in [6.07, 6.45) is 1.63. The van der Waals surface area contributed by atoms with Crippen molar-refractivity contribution in [3.05, 3.63) is 58.9 Å². The summed E-state index contributed by atoms with van der Waals surface area (Å²) in [5.41, 5.74) is 7.07. The van der Waals surface area contributed by atoms with E-state index in [1.54, 1.807) is 6.07 Å². The van der Waals surface area contributed by atoms with Gasteiger partial charge in [0, 0.05) is 20.9 Å². The van der Waals surface area contributed by atoms with E-state index in [9.17, 15) is 4.39 Å². The van der Waals surface area contributed by atoms with Gasteiger partial charge in [0.25, 0.3) is 0 Å². The van der Waals surface area contributed by atoms with Crippen LogP contribution in [0.2, 0.25) is 5.02 Å². The minimum Gasteiger partial charge on any atom is -0.327 e. The molecule has 0 saturated heterocycles. The van der Waals surface area contributed by atoms with Gasteiger partial charge >= 0.3 is 0 Å². The average Bonchev–Trinajstić information content (AvgIpc) is 2.42. The Balaban J connectivity index is 2.29. The summed E-state index contributed by atoms with van der Waals surface area (Å²) in [4.78, 5) is 1.89. The van der Waals surface area contributed by atoms with E-state index in [0.717, 1.165) is 33.2 Å². The Morgan fingerprint density at radius 3 is 2.70 bits per heavy atom. The highest BCUT2D eigenvalue weighted by Gasteiger charge is 2.12. The van der Waals surface area contributed by atoms with E-state index in [4.69, 9.17) is 17.3 Å². The Hall–Kier alpha value is -1.03. The Kier molecular flexibility index (Phi) is 5.46. The van der Waals surface area contributed by atoms with Crippen LogP contribution in [0.1, 0.15) is 18.9 Å². The van der Waals surface area contributed by atoms with Crippen LogP contribution >= 0.6 is 23.4 Å². The number of hydrogen-bond acceptors (Lipinski definition) is 2. The highest BCUT2D eigenvalue weighted by atomic mass is 35.5. The Bertz CT molecular complexity index is 588. The molecule has 106 valence electrons. The van der Waals surface area contributed by atoms with Crippen molar-refractivity contribution in [2.75, 3.05) is 0 Å². The SMILES string of the molecule is CCC(N)Cc1c(Cl)cccc1Sc1cccc(F)c1. The quantitative estimate of drug-likeness (QED) is 0.849. The van der Waals surface area contributed by atoms with Gasteiger partial charge in [0.05, 0.1) is 0 Å². The second-order valence-corrected chi connectivity index (χ2v) is 6.17. The van der Waals surface area contributed by atoms with E-state index in [-0.39, 0.29) is 11.9 Å². The van der Waals surface area contributed by atoms with Crippen LogP contribution in [0.5, 0.6) is 0 Å². The molecular formula is C16H17ClFNS. The third-order valence-electron chi connectivity index (χ3n) is 3.09. The van der Waals surface area contributed by atoms with Gasteiger partial charge in [-0.3, -0.25) is 0 Å². The molecule has 0 saturated carbocycles. The fourth-order valence-electron chi connectivity index (χ4n) is 1.90. The number of hydrogen-bond donors (Lipinski definition) is 1. The number of nitrogens with two attached hydrogens (primary N) is 1. The Morgan fingerprint density at radius 1 is 1.25 bits per heavy atom. The van der Waals surface area contributed by atoms with Crippen molar-refractivity contribution >= 4 is 23.4 Å². The van der Waals surface area contributed by atoms with Crippen molar-refractivity contribution in [3.63, 3.8) is 0 Å². The molecule has 1 unspecified atom stereocenters. The highest BCUT2D eigenvalue weighted by Crippen LogP contribution is 2.34. The highest BCUT2D eigenvalue weighted by molar-refractivity contribution is 7.99. The fourth-order valence-corrected chi connectivity index (χ4v) is 3.24. The van der Waals surface area contributed by atoms with Crippen molar-refractivity contribution in [2.45, 2.75) is 35.6 Å². The lowest BCUT2D eigenvalue weighted by atomic mass is 10.0. The molecule has 2 N–H and O–H groups in total. The van der Waals surface area contributed by atoms with Gasteiger partial charge in [-0.05, 0) is 48.7 Å². The monoisotopic (exact) mass is 309 g/mol. The van der Waals surface area contributed by atoms with E-state index in [1.165, 1.54) is 23.9 Å². The molecule has 2 aromatic carbocycles. The number of benzene rings is 2. The molecule has 0 radical (unpaired) electrons. The average molecular weight is 310 g/mol. The minimum atomic E-state index is -0.233. The van der Waals surface area contributed by atoms with E-state index >= 15 is 0 Å². The first-order chi connectivity index (χ1) is 9.60. The third kappa shape index (κ3) is 3.98. The van der Waals surface area contributed by atoms with Crippen LogP contribution in [0, 0.1) is 5.82 Å². The second kappa shape index (κ2) is 7.11. The van der Waals surface area contributed by atoms with Crippen LogP contribution < -0.4 is 5.73 Å². The molecule has 0 bridgehead atoms. The zero-order chi connectivity index (χ0) is 14.5. The molecule has 0 aromatic heterocycles. The lowest BCUT2D eigenvalue weighted by Crippen LogP contribution is -2.21. The summed E-state index contributed by atoms with van der Waals surface area (Å²) >= 11 is 7.80. The van der Waals surface area contributed by atoms with Gasteiger partial charge in [-0.1, -0.05) is 42.4 Å². The topological polar surface area (TPSA) is 26.0 Å². The maximum Gasteiger partial charge on any atom is 0.124 e. The molecule has 0 aliphatic carbocycles. The Labute approximate surface area is 128 Å². The molecule has 0 aliphatic heterocycles. The second-order valence-electron chi connectivity index (χ2n) is 4.65. The lowest BCUT2D eigenvalue weighted by Gasteiger charge is -2.14. The van der Waals surface area contributed by atoms with Crippen molar-refractivity contribution < 1.29 is 4.39 Å². The van der Waals surface area contributed by atoms with Crippen LogP contribution in [-0.2, 0) is 6.42 Å². The van der Waals surface area contributed by atoms with Crippen molar-refractivity contribution in [1.29, 1.82) is 0 Å². The summed E-state index contributed by atoms with van der Waals surface area (Å²) in [6.45, 7) is 2.06. The maximum absolute atomic E-state index is 13.3. The first-order valence-electron chi connectivity index (χ1n) is 6.56. The molecule has 0 fully saturated rings. The first-order valence-corrected chi connectivity index (χ1v) is 7.76. The van der Waals surface area contributed by atoms with E-state index in [1.807, 2.05) is 24.3 Å². The Morgan fingerprint density at radius 2 is 2.00 bits per heavy atom. The third-order valence-corrected chi connectivity index (χ3v) is 4.54. The summed E-state index contributed by atoms with van der Waals surface area (Å²) in [5.74, 6) is -0.233. The van der Waals surface area contributed by atoms with Gasteiger partial charge in [-0.15, -0.1) is 0 Å². The van der Waals surface area contributed by atoms with Gasteiger partial charge in [-0.25, -0.2) is 4.39 Å². The first kappa shape index (κ1) is 15.4. The van der Waals surface area contributed by atoms with Crippen LogP contribution in [0.4, 0.5) is 4.39 Å². The molecule has 2 rings (SSSR count). The minimum absolute atomic E-state index is 0.0850. The van der Waals surface area contributed by atoms with Crippen LogP contribution in [0.3, 0.4) is 0 Å². The van der Waals surface area contributed by atoms with Gasteiger partial charge in [0.2, 0.25) is 0 Å². The molecule has 1 atom stereocenters. The van der Waals surface area contributed by atoms with Crippen LogP contribution in [0.15, 0.2) is 52.3 Å². The standard InChI is InChI=1S/C16H17ClFNS/c1-2-12(19)10-14-15(17)7-4-8-16(14)20-13-6-3-5-11(18)9-13/h3-9,12H,2,10,19H2,1H3. The molecule has 0 spiro atoms. The van der Waals surface area contributed by atoms with Gasteiger partial charge < -0.3 is 5.73 Å². The van der Waals surface area contributed by atoms with Crippen molar-refractivity contribution in [3.8, 4) is 0 Å². The van der Waals surface area contributed by atoms with Crippen LogP contribution in [-0.4, -0.2) is 6.04 Å². The number of rotatable bonds is 5. The predicted octanol–water partition coefficient (Wildman–Crippen LogP) is 4.91. The summed E-state index contributed by atoms with van der Waals surface area (Å²) in [5, 5.41) is 0.718. The predicted molar refractivity (Wildman–Crippen MR) is 83.9 cm³/mol. The lowest BCUT2D eigenvalue weighted by molar-refractivity contribution is 0.624. The smallest absolute Gasteiger partial charge is 0.124 e. The van der Waals surface area contributed by atoms with E-state index < -0.39 is 0 Å². The normalized spacial score (nSPS) is 12.4. The fraction of sp³-hybridized carbons (Fsp3) is 0.250. The molecular weight excluding hydrogens is 293 g/mol.